The van der Waals surface area contributed by atoms with Crippen LogP contribution in [0.4, 0.5) is 0 Å². The summed E-state index contributed by atoms with van der Waals surface area (Å²) in [7, 11) is 0. The minimum Gasteiger partial charge on any atom is -0.457 e. The van der Waals surface area contributed by atoms with Gasteiger partial charge in [-0.2, -0.15) is 0 Å². The van der Waals surface area contributed by atoms with Gasteiger partial charge in [0.1, 0.15) is 13.2 Å². The third kappa shape index (κ3) is 7.38. The molecule has 0 saturated heterocycles. The SMILES string of the molecule is O=C1C(=Cc2cc3c(C(=O)OCc4ccccc4)c4sc5cc(C=C6C(=O)c7cc8cc9ccccc9cc8cc7C6=O)sc5c4c(C(=O)OCc4ccccc4)c3s2)C(=O)c2cc3cc4ccccc4cc3cc21. The van der Waals surface area contributed by atoms with Gasteiger partial charge in [-0.05, 0) is 127 Å². The number of allylic oxidation sites excluding steroid dienone is 2. The summed E-state index contributed by atoms with van der Waals surface area (Å²) in [6.45, 7) is -0.0640. The van der Waals surface area contributed by atoms with E-state index in [-0.39, 0.29) is 47.1 Å². The van der Waals surface area contributed by atoms with Gasteiger partial charge in [0.15, 0.2) is 23.1 Å². The highest BCUT2D eigenvalue weighted by Gasteiger charge is 2.36. The lowest BCUT2D eigenvalue weighted by Crippen LogP contribution is -2.10. The highest BCUT2D eigenvalue weighted by molar-refractivity contribution is 7.33. The van der Waals surface area contributed by atoms with Crippen molar-refractivity contribution in [2.75, 3.05) is 0 Å². The minimum atomic E-state index is -0.650. The zero-order valence-corrected chi connectivity index (χ0v) is 41.7. The summed E-state index contributed by atoms with van der Waals surface area (Å²) in [5.41, 5.74) is 3.27. The molecule has 75 heavy (non-hydrogen) atoms. The Balaban J connectivity index is 0.924. The van der Waals surface area contributed by atoms with Crippen molar-refractivity contribution in [1.82, 2.24) is 0 Å². The Morgan fingerprint density at radius 2 is 0.773 bits per heavy atom. The summed E-state index contributed by atoms with van der Waals surface area (Å²) >= 11 is 3.75. The lowest BCUT2D eigenvalue weighted by atomic mass is 9.99. The number of ether oxygens (including phenoxy) is 2. The summed E-state index contributed by atoms with van der Waals surface area (Å²) in [4.78, 5) is 87.5. The number of hydrogen-bond donors (Lipinski definition) is 0. The molecule has 0 unspecified atom stereocenters. The maximum atomic E-state index is 14.9. The van der Waals surface area contributed by atoms with Gasteiger partial charge in [-0.1, -0.05) is 109 Å². The Hall–Kier alpha value is -9.00. The van der Waals surface area contributed by atoms with E-state index in [9.17, 15) is 28.8 Å². The standard InChI is InChI=1S/C64H34O8S3/c65-56-45-23-39-19-35-15-7-8-16-36(35)20-40(39)24-46(45)57(66)50(56)28-43-27-49-53(63(69)71-31-33-11-3-1-4-12-33)62-54(55(60(49)73-43)64(70)72-32-34-13-5-2-6-14-34)61-52(75-62)30-44(74-61)29-51-58(67)47-25-41-21-37-17-9-10-18-38(37)22-42(41)26-48(47)59(51)68/h1-30H,31-32H2. The van der Waals surface area contributed by atoms with E-state index in [1.165, 1.54) is 34.0 Å². The molecule has 0 saturated carbocycles. The average molecular weight is 1030 g/mol. The van der Waals surface area contributed by atoms with Crippen LogP contribution in [0.15, 0.2) is 181 Å². The van der Waals surface area contributed by atoms with Crippen LogP contribution in [0.1, 0.15) is 83.0 Å². The van der Waals surface area contributed by atoms with Crippen LogP contribution in [-0.2, 0) is 22.7 Å². The van der Waals surface area contributed by atoms with Crippen molar-refractivity contribution < 1.29 is 38.2 Å². The van der Waals surface area contributed by atoms with Crippen molar-refractivity contribution in [2.45, 2.75) is 13.2 Å². The van der Waals surface area contributed by atoms with Crippen LogP contribution >= 0.6 is 34.0 Å². The molecule has 0 fully saturated rings. The number of fused-ring (bicyclic) bond motifs is 10. The fraction of sp³-hybridized carbons (Fsp3) is 0.0312. The first kappa shape index (κ1) is 44.7. The first-order valence-corrected chi connectivity index (χ1v) is 26.5. The molecule has 0 N–H and O–H groups in total. The number of rotatable bonds is 8. The maximum Gasteiger partial charge on any atom is 0.340 e. The third-order valence-electron chi connectivity index (χ3n) is 14.2. The number of carbonyl (C=O) groups is 6. The molecule has 3 aromatic heterocycles. The Kier molecular flexibility index (Phi) is 10.3. The second-order valence-corrected chi connectivity index (χ2v) is 22.0. The van der Waals surface area contributed by atoms with E-state index in [4.69, 9.17) is 9.47 Å². The largest absolute Gasteiger partial charge is 0.457 e. The third-order valence-corrected chi connectivity index (χ3v) is 17.6. The lowest BCUT2D eigenvalue weighted by Gasteiger charge is -2.12. The summed E-state index contributed by atoms with van der Waals surface area (Å²) in [5.74, 6) is -2.86. The van der Waals surface area contributed by atoms with E-state index >= 15 is 0 Å². The van der Waals surface area contributed by atoms with Crippen molar-refractivity contribution in [3.8, 4) is 0 Å². The van der Waals surface area contributed by atoms with E-state index in [1.54, 1.807) is 42.5 Å². The molecule has 14 rings (SSSR count). The normalized spacial score (nSPS) is 13.3. The lowest BCUT2D eigenvalue weighted by molar-refractivity contribution is 0.0466. The van der Waals surface area contributed by atoms with Gasteiger partial charge < -0.3 is 9.47 Å². The molecule has 0 atom stereocenters. The molecule has 0 aliphatic heterocycles. The van der Waals surface area contributed by atoms with Gasteiger partial charge in [-0.15, -0.1) is 34.0 Å². The van der Waals surface area contributed by atoms with E-state index in [1.807, 2.05) is 140 Å². The van der Waals surface area contributed by atoms with Gasteiger partial charge in [-0.3, -0.25) is 19.2 Å². The van der Waals surface area contributed by atoms with E-state index in [2.05, 4.69) is 0 Å². The first-order chi connectivity index (χ1) is 36.6. The van der Waals surface area contributed by atoms with Crippen LogP contribution in [-0.4, -0.2) is 35.1 Å². The molecule has 12 aromatic rings. The van der Waals surface area contributed by atoms with Crippen LogP contribution in [0.25, 0.3) is 84.8 Å². The van der Waals surface area contributed by atoms with Gasteiger partial charge in [0.05, 0.1) is 36.4 Å². The second-order valence-electron chi connectivity index (χ2n) is 18.7. The monoisotopic (exact) mass is 1030 g/mol. The molecule has 0 bridgehead atoms. The number of ketones is 4. The van der Waals surface area contributed by atoms with Gasteiger partial charge in [-0.25, -0.2) is 9.59 Å². The Morgan fingerprint density at radius 1 is 0.387 bits per heavy atom. The quantitative estimate of drug-likeness (QED) is 0.0638. The van der Waals surface area contributed by atoms with Crippen LogP contribution in [0.2, 0.25) is 0 Å². The molecule has 0 amide bonds. The molecule has 3 heterocycles. The van der Waals surface area contributed by atoms with Gasteiger partial charge >= 0.3 is 11.9 Å². The van der Waals surface area contributed by atoms with Crippen LogP contribution in [0.5, 0.6) is 0 Å². The summed E-state index contributed by atoms with van der Waals surface area (Å²) < 4.78 is 14.4. The number of Topliss-reactive ketones (excluding diaryl/α,β-unsaturated/α-hetero) is 4. The van der Waals surface area contributed by atoms with Gasteiger partial charge in [0.2, 0.25) is 0 Å². The highest BCUT2D eigenvalue weighted by Crippen LogP contribution is 2.49. The fourth-order valence-corrected chi connectivity index (χ4v) is 14.3. The molecule has 9 aromatic carbocycles. The van der Waals surface area contributed by atoms with Crippen LogP contribution in [0.3, 0.4) is 0 Å². The predicted molar refractivity (Wildman–Crippen MR) is 300 cm³/mol. The van der Waals surface area contributed by atoms with E-state index < -0.39 is 23.5 Å². The first-order valence-electron chi connectivity index (χ1n) is 24.0. The zero-order chi connectivity index (χ0) is 50.6. The molecular weight excluding hydrogens is 993 g/mol. The van der Waals surface area contributed by atoms with Gasteiger partial charge in [0.25, 0.3) is 0 Å². The predicted octanol–water partition coefficient (Wildman–Crippen LogP) is 15.6. The van der Waals surface area contributed by atoms with Crippen molar-refractivity contribution in [2.24, 2.45) is 0 Å². The number of esters is 2. The Bertz CT molecular complexity index is 4490. The molecule has 8 nitrogen and oxygen atoms in total. The molecule has 356 valence electrons. The number of thiophene rings is 3. The summed E-state index contributed by atoms with van der Waals surface area (Å²) in [6, 6.07) is 53.3. The molecule has 0 radical (unpaired) electrons. The number of hydrogen-bond acceptors (Lipinski definition) is 11. The highest BCUT2D eigenvalue weighted by atomic mass is 32.1. The topological polar surface area (TPSA) is 121 Å². The van der Waals surface area contributed by atoms with Crippen molar-refractivity contribution in [1.29, 1.82) is 0 Å². The molecule has 2 aliphatic rings. The second kappa shape index (κ2) is 17.3. The van der Waals surface area contributed by atoms with E-state index in [0.29, 0.717) is 61.6 Å². The Morgan fingerprint density at radius 3 is 1.21 bits per heavy atom. The fourth-order valence-electron chi connectivity index (χ4n) is 10.5. The molecule has 11 heteroatoms. The maximum absolute atomic E-state index is 14.9. The number of carbonyl (C=O) groups excluding carboxylic acids is 6. The minimum absolute atomic E-state index is 0.0242. The summed E-state index contributed by atoms with van der Waals surface area (Å²) in [5, 5.41) is 8.32. The van der Waals surface area contributed by atoms with Crippen molar-refractivity contribution in [3.05, 3.63) is 235 Å². The van der Waals surface area contributed by atoms with E-state index in [0.717, 1.165) is 54.2 Å². The van der Waals surface area contributed by atoms with Crippen molar-refractivity contribution >= 4 is 154 Å². The van der Waals surface area contributed by atoms with Crippen molar-refractivity contribution in [3.63, 3.8) is 0 Å². The molecular formula is C64H34O8S3. The van der Waals surface area contributed by atoms with Crippen LogP contribution in [0, 0.1) is 0 Å². The smallest absolute Gasteiger partial charge is 0.340 e. The Labute approximate surface area is 438 Å². The number of benzene rings is 9. The van der Waals surface area contributed by atoms with Crippen LogP contribution < -0.4 is 0 Å². The average Bonchev–Trinajstić information content (AvgIpc) is 4.22. The molecule has 2 aliphatic carbocycles. The van der Waals surface area contributed by atoms with Gasteiger partial charge in [0, 0.05) is 47.5 Å². The molecule has 0 spiro atoms. The summed E-state index contributed by atoms with van der Waals surface area (Å²) in [6.07, 6.45) is 3.16. The zero-order valence-electron chi connectivity index (χ0n) is 39.2.